The summed E-state index contributed by atoms with van der Waals surface area (Å²) < 4.78 is 10.7. The van der Waals surface area contributed by atoms with Gasteiger partial charge < -0.3 is 14.4 Å². The fraction of sp³-hybridized carbons (Fsp3) is 0.650. The van der Waals surface area contributed by atoms with E-state index in [-0.39, 0.29) is 0 Å². The lowest BCUT2D eigenvalue weighted by Gasteiger charge is -2.32. The SMILES string of the molecule is CCSCCC(=O)N1CCC(CCc2cc(OC)cc(OC)c2)CC1. The van der Waals surface area contributed by atoms with E-state index >= 15 is 0 Å². The Morgan fingerprint density at radius 1 is 1.16 bits per heavy atom. The van der Waals surface area contributed by atoms with Gasteiger partial charge in [-0.15, -0.1) is 0 Å². The minimum absolute atomic E-state index is 0.330. The van der Waals surface area contributed by atoms with Gasteiger partial charge in [-0.1, -0.05) is 6.92 Å². The molecule has 1 fully saturated rings. The molecular weight excluding hydrogens is 334 g/mol. The number of amides is 1. The highest BCUT2D eigenvalue weighted by atomic mass is 32.2. The van der Waals surface area contributed by atoms with E-state index in [0.717, 1.165) is 61.8 Å². The Morgan fingerprint density at radius 3 is 2.36 bits per heavy atom. The fourth-order valence-electron chi connectivity index (χ4n) is 3.31. The van der Waals surface area contributed by atoms with Gasteiger partial charge in [-0.3, -0.25) is 4.79 Å². The molecule has 0 unspecified atom stereocenters. The first-order valence-corrected chi connectivity index (χ1v) is 10.4. The van der Waals surface area contributed by atoms with Crippen molar-refractivity contribution in [2.45, 2.75) is 39.0 Å². The van der Waals surface area contributed by atoms with E-state index < -0.39 is 0 Å². The highest BCUT2D eigenvalue weighted by Crippen LogP contribution is 2.27. The number of benzene rings is 1. The van der Waals surface area contributed by atoms with E-state index in [9.17, 15) is 4.79 Å². The predicted octanol–water partition coefficient (Wildman–Crippen LogP) is 4.02. The van der Waals surface area contributed by atoms with Crippen LogP contribution in [0, 0.1) is 5.92 Å². The van der Waals surface area contributed by atoms with Crippen molar-refractivity contribution < 1.29 is 14.3 Å². The van der Waals surface area contributed by atoms with Gasteiger partial charge in [-0.05, 0) is 55.1 Å². The highest BCUT2D eigenvalue weighted by molar-refractivity contribution is 7.99. The van der Waals surface area contributed by atoms with Crippen LogP contribution in [-0.2, 0) is 11.2 Å². The zero-order valence-electron chi connectivity index (χ0n) is 15.8. The van der Waals surface area contributed by atoms with Crippen LogP contribution >= 0.6 is 11.8 Å². The number of carbonyl (C=O) groups excluding carboxylic acids is 1. The maximum atomic E-state index is 12.2. The lowest BCUT2D eigenvalue weighted by Crippen LogP contribution is -2.38. The van der Waals surface area contributed by atoms with Crippen LogP contribution in [0.1, 0.15) is 38.2 Å². The molecule has 0 spiro atoms. The third kappa shape index (κ3) is 6.46. The van der Waals surface area contributed by atoms with Crippen LogP contribution in [0.25, 0.3) is 0 Å². The van der Waals surface area contributed by atoms with Gasteiger partial charge in [0, 0.05) is 31.3 Å². The Balaban J connectivity index is 1.76. The number of aryl methyl sites for hydroxylation is 1. The number of hydrogen-bond donors (Lipinski definition) is 0. The van der Waals surface area contributed by atoms with E-state index in [1.54, 1.807) is 14.2 Å². The molecule has 1 heterocycles. The number of thioether (sulfide) groups is 1. The molecule has 4 nitrogen and oxygen atoms in total. The van der Waals surface area contributed by atoms with E-state index in [4.69, 9.17) is 9.47 Å². The first-order valence-electron chi connectivity index (χ1n) is 9.23. The van der Waals surface area contributed by atoms with Gasteiger partial charge in [0.25, 0.3) is 0 Å². The van der Waals surface area contributed by atoms with Crippen molar-refractivity contribution in [2.24, 2.45) is 5.92 Å². The molecular formula is C20H31NO3S. The third-order valence-corrected chi connectivity index (χ3v) is 5.79. The Hall–Kier alpha value is -1.36. The molecule has 0 radical (unpaired) electrons. The molecule has 5 heteroatoms. The van der Waals surface area contributed by atoms with Crippen LogP contribution in [0.15, 0.2) is 18.2 Å². The molecule has 1 saturated heterocycles. The summed E-state index contributed by atoms with van der Waals surface area (Å²) in [6, 6.07) is 6.09. The molecule has 1 aliphatic heterocycles. The number of carbonyl (C=O) groups is 1. The summed E-state index contributed by atoms with van der Waals surface area (Å²) in [5.41, 5.74) is 1.26. The van der Waals surface area contributed by atoms with Gasteiger partial charge in [0.15, 0.2) is 0 Å². The molecule has 0 N–H and O–H groups in total. The summed E-state index contributed by atoms with van der Waals surface area (Å²) in [6.07, 6.45) is 5.11. The lowest BCUT2D eigenvalue weighted by atomic mass is 9.90. The Morgan fingerprint density at radius 2 is 1.80 bits per heavy atom. The topological polar surface area (TPSA) is 38.8 Å². The summed E-state index contributed by atoms with van der Waals surface area (Å²) in [5, 5.41) is 0. The van der Waals surface area contributed by atoms with E-state index in [1.165, 1.54) is 5.56 Å². The molecule has 0 aliphatic carbocycles. The summed E-state index contributed by atoms with van der Waals surface area (Å²) in [4.78, 5) is 14.2. The van der Waals surface area contributed by atoms with Crippen LogP contribution < -0.4 is 9.47 Å². The van der Waals surface area contributed by atoms with Crippen LogP contribution in [0.3, 0.4) is 0 Å². The largest absolute Gasteiger partial charge is 0.497 e. The number of methoxy groups -OCH3 is 2. The smallest absolute Gasteiger partial charge is 0.223 e. The van der Waals surface area contributed by atoms with Crippen molar-refractivity contribution in [1.29, 1.82) is 0 Å². The average Bonchev–Trinajstić information content (AvgIpc) is 2.66. The molecule has 0 aromatic heterocycles. The van der Waals surface area contributed by atoms with E-state index in [1.807, 2.05) is 17.8 Å². The van der Waals surface area contributed by atoms with E-state index in [0.29, 0.717) is 18.2 Å². The molecule has 1 aromatic carbocycles. The number of ether oxygens (including phenoxy) is 2. The van der Waals surface area contributed by atoms with Gasteiger partial charge in [0.2, 0.25) is 5.91 Å². The quantitative estimate of drug-likeness (QED) is 0.620. The highest BCUT2D eigenvalue weighted by Gasteiger charge is 2.22. The predicted molar refractivity (Wildman–Crippen MR) is 105 cm³/mol. The Kier molecular flexibility index (Phi) is 8.45. The van der Waals surface area contributed by atoms with Crippen LogP contribution in [0.4, 0.5) is 0 Å². The number of piperidine rings is 1. The van der Waals surface area contributed by atoms with Gasteiger partial charge in [0.1, 0.15) is 11.5 Å². The van der Waals surface area contributed by atoms with Crippen LogP contribution in [0.5, 0.6) is 11.5 Å². The normalized spacial score (nSPS) is 15.2. The second-order valence-electron chi connectivity index (χ2n) is 6.53. The summed E-state index contributed by atoms with van der Waals surface area (Å²) in [6.45, 7) is 3.97. The van der Waals surface area contributed by atoms with E-state index in [2.05, 4.69) is 24.0 Å². The minimum Gasteiger partial charge on any atom is -0.497 e. The summed E-state index contributed by atoms with van der Waals surface area (Å²) >= 11 is 1.84. The third-order valence-electron chi connectivity index (χ3n) is 4.88. The lowest BCUT2D eigenvalue weighted by molar-refractivity contribution is -0.132. The maximum Gasteiger partial charge on any atom is 0.223 e. The van der Waals surface area contributed by atoms with Crippen molar-refractivity contribution in [3.05, 3.63) is 23.8 Å². The number of likely N-dealkylation sites (tertiary alicyclic amines) is 1. The van der Waals surface area contributed by atoms with Crippen molar-refractivity contribution in [3.63, 3.8) is 0 Å². The van der Waals surface area contributed by atoms with Gasteiger partial charge in [-0.25, -0.2) is 0 Å². The molecule has 0 atom stereocenters. The molecule has 2 rings (SSSR count). The first kappa shape index (κ1) is 20.0. The fourth-order valence-corrected chi connectivity index (χ4v) is 3.92. The zero-order chi connectivity index (χ0) is 18.1. The van der Waals surface area contributed by atoms with Crippen molar-refractivity contribution in [2.75, 3.05) is 38.8 Å². The molecule has 0 bridgehead atoms. The monoisotopic (exact) mass is 365 g/mol. The molecule has 0 saturated carbocycles. The summed E-state index contributed by atoms with van der Waals surface area (Å²) in [5.74, 6) is 4.76. The van der Waals surface area contributed by atoms with Crippen LogP contribution in [-0.4, -0.2) is 49.6 Å². The van der Waals surface area contributed by atoms with Crippen LogP contribution in [0.2, 0.25) is 0 Å². The Bertz CT molecular complexity index is 519. The molecule has 140 valence electrons. The average molecular weight is 366 g/mol. The second kappa shape index (κ2) is 10.6. The van der Waals surface area contributed by atoms with Gasteiger partial charge >= 0.3 is 0 Å². The van der Waals surface area contributed by atoms with Crippen molar-refractivity contribution in [3.8, 4) is 11.5 Å². The number of hydrogen-bond acceptors (Lipinski definition) is 4. The Labute approximate surface area is 156 Å². The molecule has 1 aromatic rings. The number of nitrogens with zero attached hydrogens (tertiary/aromatic N) is 1. The minimum atomic E-state index is 0.330. The van der Waals surface area contributed by atoms with Crippen molar-refractivity contribution >= 4 is 17.7 Å². The first-order chi connectivity index (χ1) is 12.2. The van der Waals surface area contributed by atoms with Gasteiger partial charge in [0.05, 0.1) is 14.2 Å². The molecule has 25 heavy (non-hydrogen) atoms. The number of rotatable bonds is 9. The molecule has 1 aliphatic rings. The molecule has 1 amide bonds. The maximum absolute atomic E-state index is 12.2. The summed E-state index contributed by atoms with van der Waals surface area (Å²) in [7, 11) is 3.37. The second-order valence-corrected chi connectivity index (χ2v) is 7.92. The van der Waals surface area contributed by atoms with Crippen molar-refractivity contribution in [1.82, 2.24) is 4.90 Å². The zero-order valence-corrected chi connectivity index (χ0v) is 16.6. The van der Waals surface area contributed by atoms with Gasteiger partial charge in [-0.2, -0.15) is 11.8 Å². The standard InChI is InChI=1S/C20H31NO3S/c1-4-25-12-9-20(22)21-10-7-16(8-11-21)5-6-17-13-18(23-2)15-19(14-17)24-3/h13-16H,4-12H2,1-3H3.